The predicted molar refractivity (Wildman–Crippen MR) is 137 cm³/mol. The highest BCUT2D eigenvalue weighted by Gasteiger charge is 2.28. The second-order valence-corrected chi connectivity index (χ2v) is 12.2. The maximum atomic E-state index is 13.2. The predicted octanol–water partition coefficient (Wildman–Crippen LogP) is 2.28. The molecule has 2 heterocycles. The highest BCUT2D eigenvalue weighted by Crippen LogP contribution is 2.30. The van der Waals surface area contributed by atoms with Gasteiger partial charge in [-0.2, -0.15) is 4.31 Å². The molecule has 11 nitrogen and oxygen atoms in total. The van der Waals surface area contributed by atoms with E-state index in [0.717, 1.165) is 12.8 Å². The summed E-state index contributed by atoms with van der Waals surface area (Å²) in [5.41, 5.74) is 0.725. The lowest BCUT2D eigenvalue weighted by Crippen LogP contribution is -2.40. The Labute approximate surface area is 217 Å². The fraction of sp³-hybridized carbons (Fsp3) is 0.458. The molecule has 2 aliphatic heterocycles. The van der Waals surface area contributed by atoms with E-state index >= 15 is 0 Å². The molecule has 13 heteroatoms. The Hall–Kier alpha value is -2.71. The van der Waals surface area contributed by atoms with Crippen molar-refractivity contribution in [1.29, 1.82) is 0 Å². The summed E-state index contributed by atoms with van der Waals surface area (Å²) in [5.74, 6) is -0.555. The first-order valence-electron chi connectivity index (χ1n) is 12.1. The summed E-state index contributed by atoms with van der Waals surface area (Å²) >= 11 is 0. The molecular weight excluding hydrogens is 522 g/mol. The number of sulfonamides is 2. The molecule has 0 unspecified atom stereocenters. The third-order valence-electron chi connectivity index (χ3n) is 6.06. The van der Waals surface area contributed by atoms with Gasteiger partial charge in [-0.3, -0.25) is 4.72 Å². The highest BCUT2D eigenvalue weighted by molar-refractivity contribution is 7.92. The standard InChI is InChI=1S/C24H31N3O8S2/c1-2-34-24(28)18-5-7-20(8-6-18)36(29,30)26-23-16-21(37(31,32)27-11-14-33-15-12-27)9-10-22(23)25-17-19-4-3-13-35-19/h5-10,16,19,25-26H,2-4,11-15,17H2,1H3/t19-/m1/s1. The maximum absolute atomic E-state index is 13.2. The zero-order valence-corrected chi connectivity index (χ0v) is 22.1. The quantitative estimate of drug-likeness (QED) is 0.424. The van der Waals surface area contributed by atoms with E-state index in [1.54, 1.807) is 13.0 Å². The Morgan fingerprint density at radius 1 is 1.00 bits per heavy atom. The van der Waals surface area contributed by atoms with Crippen LogP contribution in [0.3, 0.4) is 0 Å². The number of hydrogen-bond donors (Lipinski definition) is 2. The normalized spacial score (nSPS) is 18.9. The van der Waals surface area contributed by atoms with Crippen LogP contribution in [-0.2, 0) is 34.3 Å². The van der Waals surface area contributed by atoms with Gasteiger partial charge in [-0.25, -0.2) is 21.6 Å². The summed E-state index contributed by atoms with van der Waals surface area (Å²) in [4.78, 5) is 11.8. The zero-order chi connectivity index (χ0) is 26.5. The molecule has 0 radical (unpaired) electrons. The smallest absolute Gasteiger partial charge is 0.338 e. The van der Waals surface area contributed by atoms with Gasteiger partial charge in [0, 0.05) is 26.2 Å². The van der Waals surface area contributed by atoms with Gasteiger partial charge >= 0.3 is 5.97 Å². The summed E-state index contributed by atoms with van der Waals surface area (Å²) in [5, 5.41) is 3.18. The summed E-state index contributed by atoms with van der Waals surface area (Å²) in [6.45, 7) is 4.01. The van der Waals surface area contributed by atoms with Gasteiger partial charge in [0.1, 0.15) is 0 Å². The lowest BCUT2D eigenvalue weighted by atomic mass is 10.2. The molecule has 2 saturated heterocycles. The molecule has 2 N–H and O–H groups in total. The van der Waals surface area contributed by atoms with E-state index in [2.05, 4.69) is 10.0 Å². The van der Waals surface area contributed by atoms with E-state index in [-0.39, 0.29) is 46.8 Å². The van der Waals surface area contributed by atoms with Gasteiger partial charge in [0.05, 0.1) is 52.7 Å². The Morgan fingerprint density at radius 3 is 2.35 bits per heavy atom. The van der Waals surface area contributed by atoms with Crippen LogP contribution in [0.4, 0.5) is 11.4 Å². The molecule has 0 saturated carbocycles. The Balaban J connectivity index is 1.62. The number of esters is 1. The van der Waals surface area contributed by atoms with Crippen LogP contribution < -0.4 is 10.0 Å². The average molecular weight is 554 g/mol. The summed E-state index contributed by atoms with van der Waals surface area (Å²) in [6.07, 6.45) is 1.81. The van der Waals surface area contributed by atoms with E-state index in [0.29, 0.717) is 32.1 Å². The summed E-state index contributed by atoms with van der Waals surface area (Å²) in [7, 11) is -7.97. The first kappa shape index (κ1) is 27.3. The molecule has 37 heavy (non-hydrogen) atoms. The molecule has 1 atom stereocenters. The van der Waals surface area contributed by atoms with Crippen molar-refractivity contribution in [1.82, 2.24) is 4.31 Å². The third-order valence-corrected chi connectivity index (χ3v) is 9.34. The molecule has 0 aliphatic carbocycles. The number of nitrogens with zero attached hydrogens (tertiary/aromatic N) is 1. The average Bonchev–Trinajstić information content (AvgIpc) is 3.42. The monoisotopic (exact) mass is 553 g/mol. The summed E-state index contributed by atoms with van der Waals surface area (Å²) in [6, 6.07) is 9.63. The van der Waals surface area contributed by atoms with Crippen LogP contribution in [-0.4, -0.2) is 79.3 Å². The van der Waals surface area contributed by atoms with Crippen molar-refractivity contribution in [3.05, 3.63) is 48.0 Å². The minimum Gasteiger partial charge on any atom is -0.462 e. The third kappa shape index (κ3) is 6.60. The lowest BCUT2D eigenvalue weighted by Gasteiger charge is -2.26. The molecule has 2 aromatic carbocycles. The van der Waals surface area contributed by atoms with Crippen LogP contribution in [0, 0.1) is 0 Å². The van der Waals surface area contributed by atoms with Crippen LogP contribution in [0.2, 0.25) is 0 Å². The van der Waals surface area contributed by atoms with Gasteiger partial charge in [-0.15, -0.1) is 0 Å². The Bertz CT molecular complexity index is 1300. The first-order chi connectivity index (χ1) is 17.7. The van der Waals surface area contributed by atoms with Gasteiger partial charge in [-0.1, -0.05) is 0 Å². The van der Waals surface area contributed by atoms with Gasteiger partial charge in [0.2, 0.25) is 10.0 Å². The van der Waals surface area contributed by atoms with Crippen molar-refractivity contribution in [3.63, 3.8) is 0 Å². The molecule has 2 fully saturated rings. The number of rotatable bonds is 10. The topological polar surface area (TPSA) is 140 Å². The zero-order valence-electron chi connectivity index (χ0n) is 20.5. The number of carbonyl (C=O) groups excluding carboxylic acids is 1. The van der Waals surface area contributed by atoms with Crippen LogP contribution in [0.15, 0.2) is 52.3 Å². The molecule has 0 amide bonds. The second kappa shape index (κ2) is 11.8. The minimum atomic E-state index is -4.12. The van der Waals surface area contributed by atoms with Crippen molar-refractivity contribution in [2.24, 2.45) is 0 Å². The van der Waals surface area contributed by atoms with Gasteiger partial charge in [0.25, 0.3) is 10.0 Å². The number of benzene rings is 2. The van der Waals surface area contributed by atoms with Gasteiger partial charge in [0.15, 0.2) is 0 Å². The van der Waals surface area contributed by atoms with E-state index in [1.807, 2.05) is 0 Å². The number of nitrogens with one attached hydrogen (secondary N) is 2. The second-order valence-electron chi connectivity index (χ2n) is 8.59. The maximum Gasteiger partial charge on any atom is 0.338 e. The van der Waals surface area contributed by atoms with Crippen LogP contribution >= 0.6 is 0 Å². The van der Waals surface area contributed by atoms with Crippen LogP contribution in [0.1, 0.15) is 30.1 Å². The number of carbonyl (C=O) groups is 1. The van der Waals surface area contributed by atoms with Crippen molar-refractivity contribution < 1.29 is 35.8 Å². The molecule has 4 rings (SSSR count). The van der Waals surface area contributed by atoms with Gasteiger partial charge in [-0.05, 0) is 62.2 Å². The molecule has 0 bridgehead atoms. The van der Waals surface area contributed by atoms with Crippen molar-refractivity contribution in [2.45, 2.75) is 35.7 Å². The fourth-order valence-corrected chi connectivity index (χ4v) is 6.58. The van der Waals surface area contributed by atoms with Crippen molar-refractivity contribution in [3.8, 4) is 0 Å². The lowest BCUT2D eigenvalue weighted by molar-refractivity contribution is 0.0526. The molecule has 0 aromatic heterocycles. The number of morpholine rings is 1. The van der Waals surface area contributed by atoms with Crippen LogP contribution in [0.5, 0.6) is 0 Å². The fourth-order valence-electron chi connectivity index (χ4n) is 4.08. The molecule has 2 aromatic rings. The minimum absolute atomic E-state index is 0.0170. The SMILES string of the molecule is CCOC(=O)c1ccc(S(=O)(=O)Nc2cc(S(=O)(=O)N3CCOCC3)ccc2NC[C@H]2CCCO2)cc1. The number of ether oxygens (including phenoxy) is 3. The van der Waals surface area contributed by atoms with E-state index < -0.39 is 26.0 Å². The van der Waals surface area contributed by atoms with Gasteiger partial charge < -0.3 is 19.5 Å². The molecule has 0 spiro atoms. The summed E-state index contributed by atoms with van der Waals surface area (Å²) < 4.78 is 72.6. The highest BCUT2D eigenvalue weighted by atomic mass is 32.2. The Kier molecular flexibility index (Phi) is 8.70. The number of hydrogen-bond acceptors (Lipinski definition) is 9. The first-order valence-corrected chi connectivity index (χ1v) is 15.0. The van der Waals surface area contributed by atoms with E-state index in [1.165, 1.54) is 40.7 Å². The van der Waals surface area contributed by atoms with E-state index in [9.17, 15) is 21.6 Å². The van der Waals surface area contributed by atoms with Crippen LogP contribution in [0.25, 0.3) is 0 Å². The van der Waals surface area contributed by atoms with E-state index in [4.69, 9.17) is 14.2 Å². The largest absolute Gasteiger partial charge is 0.462 e. The van der Waals surface area contributed by atoms with Crippen molar-refractivity contribution in [2.75, 3.05) is 56.1 Å². The molecular formula is C24H31N3O8S2. The molecule has 2 aliphatic rings. The molecule has 202 valence electrons. The number of anilines is 2. The Morgan fingerprint density at radius 2 is 1.70 bits per heavy atom. The van der Waals surface area contributed by atoms with Crippen molar-refractivity contribution >= 4 is 37.4 Å².